The highest BCUT2D eigenvalue weighted by molar-refractivity contribution is 7.89. The van der Waals surface area contributed by atoms with E-state index < -0.39 is 10.0 Å². The lowest BCUT2D eigenvalue weighted by atomic mass is 9.87. The van der Waals surface area contributed by atoms with Crippen molar-refractivity contribution in [3.8, 4) is 0 Å². The van der Waals surface area contributed by atoms with Crippen LogP contribution in [0.5, 0.6) is 0 Å². The van der Waals surface area contributed by atoms with E-state index in [1.165, 1.54) is 9.87 Å². The number of H-pyrrole nitrogens is 1. The molecule has 212 valence electrons. The van der Waals surface area contributed by atoms with Crippen molar-refractivity contribution in [2.75, 3.05) is 13.1 Å². The summed E-state index contributed by atoms with van der Waals surface area (Å²) in [6.45, 7) is 12.7. The fourth-order valence-electron chi connectivity index (χ4n) is 4.84. The number of hydrogen-bond acceptors (Lipinski definition) is 3. The van der Waals surface area contributed by atoms with E-state index in [4.69, 9.17) is 0 Å². The highest BCUT2D eigenvalue weighted by Crippen LogP contribution is 2.24. The molecule has 0 bridgehead atoms. The Balaban J connectivity index is 1.60. The summed E-state index contributed by atoms with van der Waals surface area (Å²) in [6.07, 6.45) is 2.65. The van der Waals surface area contributed by atoms with Gasteiger partial charge < -0.3 is 9.88 Å². The molecular weight excluding hydrogens is 518 g/mol. The van der Waals surface area contributed by atoms with Gasteiger partial charge in [0.15, 0.2) is 0 Å². The van der Waals surface area contributed by atoms with Crippen LogP contribution in [-0.2, 0) is 33.2 Å². The molecule has 4 aromatic rings. The number of benzene rings is 3. The number of amides is 1. The molecule has 4 rings (SSSR count). The van der Waals surface area contributed by atoms with Gasteiger partial charge in [0.2, 0.25) is 15.9 Å². The van der Waals surface area contributed by atoms with Crippen LogP contribution < -0.4 is 0 Å². The number of aromatic amines is 1. The van der Waals surface area contributed by atoms with Gasteiger partial charge in [0, 0.05) is 36.2 Å². The fraction of sp³-hybridized carbons (Fsp3) is 0.364. The largest absolute Gasteiger partial charge is 0.361 e. The van der Waals surface area contributed by atoms with Gasteiger partial charge >= 0.3 is 0 Å². The van der Waals surface area contributed by atoms with Crippen LogP contribution in [-0.4, -0.2) is 47.6 Å². The van der Waals surface area contributed by atoms with Gasteiger partial charge in [0.1, 0.15) is 0 Å². The molecule has 1 aromatic heterocycles. The number of aromatic nitrogens is 1. The van der Waals surface area contributed by atoms with E-state index in [9.17, 15) is 13.2 Å². The average molecular weight is 560 g/mol. The highest BCUT2D eigenvalue weighted by atomic mass is 32.2. The maximum atomic E-state index is 13.9. The Kier molecular flexibility index (Phi) is 8.86. The minimum atomic E-state index is -3.85. The minimum absolute atomic E-state index is 0.0332. The summed E-state index contributed by atoms with van der Waals surface area (Å²) in [5, 5.41) is 1.13. The third-order valence-electron chi connectivity index (χ3n) is 7.37. The van der Waals surface area contributed by atoms with Gasteiger partial charge in [-0.05, 0) is 67.5 Å². The van der Waals surface area contributed by atoms with Gasteiger partial charge in [0.05, 0.1) is 11.4 Å². The summed E-state index contributed by atoms with van der Waals surface area (Å²) in [4.78, 5) is 19.1. The van der Waals surface area contributed by atoms with E-state index in [1.54, 1.807) is 43.0 Å². The summed E-state index contributed by atoms with van der Waals surface area (Å²) in [7, 11) is -3.85. The molecule has 0 saturated carbocycles. The van der Waals surface area contributed by atoms with E-state index >= 15 is 0 Å². The Bertz CT molecular complexity index is 1550. The Hall–Kier alpha value is -3.42. The lowest BCUT2D eigenvalue weighted by molar-refractivity contribution is -0.132. The number of fused-ring (bicyclic) bond motifs is 1. The van der Waals surface area contributed by atoms with Crippen molar-refractivity contribution >= 4 is 26.8 Å². The molecule has 1 amide bonds. The first kappa shape index (κ1) is 29.6. The minimum Gasteiger partial charge on any atom is -0.361 e. The van der Waals surface area contributed by atoms with Crippen LogP contribution in [0.4, 0.5) is 0 Å². The molecule has 0 aliphatic heterocycles. The van der Waals surface area contributed by atoms with E-state index in [1.807, 2.05) is 31.3 Å². The normalized spacial score (nSPS) is 12.4. The van der Waals surface area contributed by atoms with Crippen molar-refractivity contribution in [1.29, 1.82) is 0 Å². The fourth-order valence-corrected chi connectivity index (χ4v) is 6.43. The maximum Gasteiger partial charge on any atom is 0.243 e. The third kappa shape index (κ3) is 6.83. The van der Waals surface area contributed by atoms with Gasteiger partial charge in [-0.15, -0.1) is 0 Å². The summed E-state index contributed by atoms with van der Waals surface area (Å²) < 4.78 is 28.5. The molecule has 0 atom stereocenters. The SMILES string of the molecule is Cc1ccc(S(=O)(=O)N(CC(=O)N(CCc2c[nH]c3ccccc23)Cc2ccc(C(C)(C)C)cc2)C(C)C)cc1. The van der Waals surface area contributed by atoms with Crippen molar-refractivity contribution in [2.24, 2.45) is 0 Å². The van der Waals surface area contributed by atoms with E-state index in [0.29, 0.717) is 19.5 Å². The maximum absolute atomic E-state index is 13.9. The number of carbonyl (C=O) groups excluding carboxylic acids is 1. The number of nitrogens with one attached hydrogen (secondary N) is 1. The van der Waals surface area contributed by atoms with Gasteiger partial charge in [-0.1, -0.05) is 80.9 Å². The summed E-state index contributed by atoms with van der Waals surface area (Å²) >= 11 is 0. The molecule has 0 unspecified atom stereocenters. The van der Waals surface area contributed by atoms with Crippen LogP contribution >= 0.6 is 0 Å². The molecule has 0 radical (unpaired) electrons. The summed E-state index contributed by atoms with van der Waals surface area (Å²) in [6, 6.07) is 22.9. The number of hydrogen-bond donors (Lipinski definition) is 1. The van der Waals surface area contributed by atoms with E-state index in [0.717, 1.165) is 27.6 Å². The lowest BCUT2D eigenvalue weighted by Gasteiger charge is -2.30. The van der Waals surface area contributed by atoms with Crippen LogP contribution in [0.25, 0.3) is 10.9 Å². The second-order valence-corrected chi connectivity index (χ2v) is 13.7. The zero-order valence-electron chi connectivity index (χ0n) is 24.4. The van der Waals surface area contributed by atoms with Crippen molar-refractivity contribution in [1.82, 2.24) is 14.2 Å². The molecule has 40 heavy (non-hydrogen) atoms. The highest BCUT2D eigenvalue weighted by Gasteiger charge is 2.31. The molecule has 0 spiro atoms. The quantitative estimate of drug-likeness (QED) is 0.243. The second kappa shape index (κ2) is 12.0. The monoisotopic (exact) mass is 559 g/mol. The van der Waals surface area contributed by atoms with Crippen LogP contribution in [0.15, 0.2) is 83.9 Å². The summed E-state index contributed by atoms with van der Waals surface area (Å²) in [5.41, 5.74) is 5.44. The molecular formula is C33H41N3O3S. The molecule has 6 nitrogen and oxygen atoms in total. The number of aryl methyl sites for hydroxylation is 1. The standard InChI is InChI=1S/C33H41N3O3S/c1-24(2)36(40(38,39)29-17-11-25(3)12-18-29)23-32(37)35(22-26-13-15-28(16-14-26)33(4,5)6)20-19-27-21-34-31-10-8-7-9-30(27)31/h7-18,21,24,34H,19-20,22-23H2,1-6H3. The van der Waals surface area contributed by atoms with Crippen molar-refractivity contribution in [2.45, 2.75) is 70.9 Å². The van der Waals surface area contributed by atoms with Gasteiger partial charge in [0.25, 0.3) is 0 Å². The molecule has 0 fully saturated rings. The smallest absolute Gasteiger partial charge is 0.243 e. The number of nitrogens with zero attached hydrogens (tertiary/aromatic N) is 2. The van der Waals surface area contributed by atoms with E-state index in [2.05, 4.69) is 56.1 Å². The van der Waals surface area contributed by atoms with Crippen LogP contribution in [0.3, 0.4) is 0 Å². The summed E-state index contributed by atoms with van der Waals surface area (Å²) in [5.74, 6) is -0.218. The molecule has 0 aliphatic carbocycles. The van der Waals surface area contributed by atoms with Crippen molar-refractivity contribution < 1.29 is 13.2 Å². The zero-order valence-corrected chi connectivity index (χ0v) is 25.3. The lowest BCUT2D eigenvalue weighted by Crippen LogP contribution is -2.46. The Morgan fingerprint density at radius 3 is 2.20 bits per heavy atom. The van der Waals surface area contributed by atoms with Crippen LogP contribution in [0.2, 0.25) is 0 Å². The first-order valence-corrected chi connectivity index (χ1v) is 15.3. The Morgan fingerprint density at radius 1 is 0.925 bits per heavy atom. The van der Waals surface area contributed by atoms with Gasteiger partial charge in [-0.3, -0.25) is 4.79 Å². The van der Waals surface area contributed by atoms with Gasteiger partial charge in [-0.2, -0.15) is 4.31 Å². The second-order valence-electron chi connectivity index (χ2n) is 11.8. The topological polar surface area (TPSA) is 73.5 Å². The molecule has 1 heterocycles. The number of carbonyl (C=O) groups is 1. The number of rotatable bonds is 10. The van der Waals surface area contributed by atoms with Crippen LogP contribution in [0, 0.1) is 6.92 Å². The predicted molar refractivity (Wildman–Crippen MR) is 163 cm³/mol. The van der Waals surface area contributed by atoms with Crippen molar-refractivity contribution in [3.05, 3.63) is 101 Å². The Morgan fingerprint density at radius 2 is 1.57 bits per heavy atom. The first-order valence-electron chi connectivity index (χ1n) is 13.9. The van der Waals surface area contributed by atoms with Crippen molar-refractivity contribution in [3.63, 3.8) is 0 Å². The number of sulfonamides is 1. The predicted octanol–water partition coefficient (Wildman–Crippen LogP) is 6.44. The van der Waals surface area contributed by atoms with Gasteiger partial charge in [-0.25, -0.2) is 8.42 Å². The molecule has 1 N–H and O–H groups in total. The molecule has 0 aliphatic rings. The Labute approximate surface area is 239 Å². The first-order chi connectivity index (χ1) is 18.9. The third-order valence-corrected chi connectivity index (χ3v) is 9.40. The molecule has 3 aromatic carbocycles. The molecule has 7 heteroatoms. The number of para-hydroxylation sites is 1. The molecule has 0 saturated heterocycles. The average Bonchev–Trinajstić information content (AvgIpc) is 3.32. The van der Waals surface area contributed by atoms with E-state index in [-0.39, 0.29) is 28.8 Å². The zero-order chi connectivity index (χ0) is 29.1. The van der Waals surface area contributed by atoms with Crippen LogP contribution in [0.1, 0.15) is 56.9 Å².